The number of sulfonamides is 1. The van der Waals surface area contributed by atoms with E-state index in [0.717, 1.165) is 60.1 Å². The second-order valence-electron chi connectivity index (χ2n) is 9.46. The molecule has 35 heavy (non-hydrogen) atoms. The maximum Gasteiger partial charge on any atom is 0.250 e. The minimum Gasteiger partial charge on any atom is -0.366 e. The Labute approximate surface area is 206 Å². The van der Waals surface area contributed by atoms with E-state index in [-0.39, 0.29) is 11.7 Å². The predicted octanol–water partition coefficient (Wildman–Crippen LogP) is 2.70. The molecule has 5 N–H and O–H groups in total. The van der Waals surface area contributed by atoms with Gasteiger partial charge in [0.05, 0.1) is 16.8 Å². The topological polar surface area (TPSA) is 120 Å². The number of piperazine rings is 1. The lowest BCUT2D eigenvalue weighted by Gasteiger charge is -2.31. The predicted molar refractivity (Wildman–Crippen MR) is 139 cm³/mol. The van der Waals surface area contributed by atoms with Gasteiger partial charge in [0.1, 0.15) is 0 Å². The van der Waals surface area contributed by atoms with Crippen LogP contribution in [0.2, 0.25) is 0 Å². The van der Waals surface area contributed by atoms with Crippen LogP contribution in [0, 0.1) is 0 Å². The molecule has 9 heteroatoms. The van der Waals surface area contributed by atoms with Crippen molar-refractivity contribution >= 4 is 26.8 Å². The van der Waals surface area contributed by atoms with Crippen LogP contribution in [0.15, 0.2) is 42.6 Å². The second kappa shape index (κ2) is 9.73. The smallest absolute Gasteiger partial charge is 0.250 e. The highest BCUT2D eigenvalue weighted by molar-refractivity contribution is 7.89. The van der Waals surface area contributed by atoms with Crippen LogP contribution in [0.4, 0.5) is 0 Å². The van der Waals surface area contributed by atoms with Crippen LogP contribution < -0.4 is 16.4 Å². The number of hydrogen-bond acceptors (Lipinski definition) is 5. The average molecular weight is 496 g/mol. The molecule has 5 rings (SSSR count). The molecule has 1 atom stereocenters. The molecule has 0 radical (unpaired) electrons. The van der Waals surface area contributed by atoms with Crippen molar-refractivity contribution in [2.75, 3.05) is 38.5 Å². The van der Waals surface area contributed by atoms with Gasteiger partial charge in [-0.15, -0.1) is 0 Å². The van der Waals surface area contributed by atoms with Gasteiger partial charge in [-0.25, -0.2) is 12.7 Å². The lowest BCUT2D eigenvalue weighted by atomic mass is 9.88. The van der Waals surface area contributed by atoms with E-state index < -0.39 is 15.9 Å². The van der Waals surface area contributed by atoms with E-state index in [0.29, 0.717) is 24.7 Å². The number of carbonyl (C=O) groups is 1. The van der Waals surface area contributed by atoms with Gasteiger partial charge < -0.3 is 21.4 Å². The summed E-state index contributed by atoms with van der Waals surface area (Å²) in [6, 6.07) is 12.7. The molecule has 0 spiro atoms. The summed E-state index contributed by atoms with van der Waals surface area (Å²) in [4.78, 5) is 15.6. The third-order valence-electron chi connectivity index (χ3n) is 7.43. The Morgan fingerprint density at radius 2 is 1.83 bits per heavy atom. The fraction of sp³-hybridized carbons (Fsp3) is 0.423. The largest absolute Gasteiger partial charge is 0.366 e. The highest BCUT2D eigenvalue weighted by atomic mass is 32.2. The van der Waals surface area contributed by atoms with E-state index >= 15 is 0 Å². The van der Waals surface area contributed by atoms with Crippen LogP contribution in [0.5, 0.6) is 0 Å². The minimum absolute atomic E-state index is 0.127. The number of nitrogens with one attached hydrogen (secondary N) is 3. The molecular weight excluding hydrogens is 462 g/mol. The first-order chi connectivity index (χ1) is 16.9. The third kappa shape index (κ3) is 4.73. The van der Waals surface area contributed by atoms with Gasteiger partial charge >= 0.3 is 0 Å². The third-order valence-corrected chi connectivity index (χ3v) is 9.31. The summed E-state index contributed by atoms with van der Waals surface area (Å²) in [7, 11) is -3.17. The molecule has 0 bridgehead atoms. The molecule has 2 fully saturated rings. The van der Waals surface area contributed by atoms with Gasteiger partial charge in [0.2, 0.25) is 10.0 Å². The number of aromatic amines is 1. The Balaban J connectivity index is 1.46. The zero-order chi connectivity index (χ0) is 24.6. The maximum atomic E-state index is 12.3. The molecule has 186 valence electrons. The molecule has 1 unspecified atom stereocenters. The van der Waals surface area contributed by atoms with E-state index in [2.05, 4.69) is 45.9 Å². The number of carbonyl (C=O) groups excluding carboxylic acids is 1. The van der Waals surface area contributed by atoms with E-state index in [1.165, 1.54) is 5.56 Å². The fourth-order valence-corrected chi connectivity index (χ4v) is 6.51. The van der Waals surface area contributed by atoms with E-state index in [4.69, 9.17) is 5.73 Å². The number of fused-ring (bicyclic) bond motifs is 1. The van der Waals surface area contributed by atoms with Gasteiger partial charge in [-0.3, -0.25) is 4.79 Å². The van der Waals surface area contributed by atoms with Crippen LogP contribution in [-0.2, 0) is 10.0 Å². The monoisotopic (exact) mass is 495 g/mol. The number of hydrogen-bond donors (Lipinski definition) is 4. The standard InChI is InChI=1S/C26H33N5O3S/c1-2-35(33,34)31-11-7-18(8-12-31)23-15-30-25-21(23)13-20(14-22(25)26(27)32)17-3-5-19(6-4-17)24-16-28-9-10-29-24/h3-6,13-15,18,24,28-30H,2,7-12,16H2,1H3,(H2,27,32). The van der Waals surface area contributed by atoms with Gasteiger partial charge in [0.25, 0.3) is 5.91 Å². The fourth-order valence-electron chi connectivity index (χ4n) is 5.38. The van der Waals surface area contributed by atoms with E-state index in [1.54, 1.807) is 11.2 Å². The molecule has 3 aromatic rings. The molecule has 1 amide bonds. The number of amides is 1. The number of H-pyrrole nitrogens is 1. The SMILES string of the molecule is CCS(=O)(=O)N1CCC(c2c[nH]c3c(C(N)=O)cc(-c4ccc(C5CNCCN5)cc4)cc23)CC1. The Morgan fingerprint density at radius 1 is 1.09 bits per heavy atom. The summed E-state index contributed by atoms with van der Waals surface area (Å²) in [5.74, 6) is -0.124. The van der Waals surface area contributed by atoms with Crippen LogP contribution >= 0.6 is 0 Å². The Bertz CT molecular complexity index is 1320. The molecular formula is C26H33N5O3S. The summed E-state index contributed by atoms with van der Waals surface area (Å²) in [5, 5.41) is 7.93. The Kier molecular flexibility index (Phi) is 6.67. The molecule has 2 aliphatic heterocycles. The molecule has 0 aliphatic carbocycles. The number of nitrogens with two attached hydrogens (primary N) is 1. The number of primary amides is 1. The number of nitrogens with zero attached hydrogens (tertiary/aromatic N) is 1. The van der Waals surface area contributed by atoms with Gasteiger partial charge in [-0.1, -0.05) is 24.3 Å². The van der Waals surface area contributed by atoms with Crippen molar-refractivity contribution in [3.8, 4) is 11.1 Å². The summed E-state index contributed by atoms with van der Waals surface area (Å²) < 4.78 is 26.1. The summed E-state index contributed by atoms with van der Waals surface area (Å²) in [5.41, 5.74) is 11.3. The molecule has 0 saturated carbocycles. The van der Waals surface area contributed by atoms with Crippen molar-refractivity contribution < 1.29 is 13.2 Å². The van der Waals surface area contributed by atoms with Crippen molar-refractivity contribution in [3.63, 3.8) is 0 Å². The van der Waals surface area contributed by atoms with Crippen molar-refractivity contribution in [1.29, 1.82) is 0 Å². The van der Waals surface area contributed by atoms with Crippen LogP contribution in [0.25, 0.3) is 22.0 Å². The Morgan fingerprint density at radius 3 is 2.46 bits per heavy atom. The molecule has 2 aromatic carbocycles. The first-order valence-electron chi connectivity index (χ1n) is 12.3. The molecule has 2 aliphatic rings. The first kappa shape index (κ1) is 24.0. The number of rotatable bonds is 6. The van der Waals surface area contributed by atoms with Gasteiger partial charge in [-0.05, 0) is 60.1 Å². The summed E-state index contributed by atoms with van der Waals surface area (Å²) >= 11 is 0. The second-order valence-corrected chi connectivity index (χ2v) is 11.7. The molecule has 8 nitrogen and oxygen atoms in total. The highest BCUT2D eigenvalue weighted by Gasteiger charge is 2.29. The van der Waals surface area contributed by atoms with Crippen molar-refractivity contribution in [2.45, 2.75) is 31.7 Å². The van der Waals surface area contributed by atoms with Crippen LogP contribution in [0.3, 0.4) is 0 Å². The highest BCUT2D eigenvalue weighted by Crippen LogP contribution is 2.37. The molecule has 1 aromatic heterocycles. The zero-order valence-corrected chi connectivity index (χ0v) is 20.8. The maximum absolute atomic E-state index is 12.3. The summed E-state index contributed by atoms with van der Waals surface area (Å²) in [6.45, 7) is 5.55. The normalized spacial score (nSPS) is 20.3. The van der Waals surface area contributed by atoms with Gasteiger partial charge in [0.15, 0.2) is 0 Å². The Hall–Kier alpha value is -2.72. The summed E-state index contributed by atoms with van der Waals surface area (Å²) in [6.07, 6.45) is 3.46. The molecule has 3 heterocycles. The number of aromatic nitrogens is 1. The first-order valence-corrected chi connectivity index (χ1v) is 14.0. The van der Waals surface area contributed by atoms with Crippen molar-refractivity contribution in [1.82, 2.24) is 19.9 Å². The number of benzene rings is 2. The number of piperidine rings is 1. The molecule has 2 saturated heterocycles. The van der Waals surface area contributed by atoms with E-state index in [1.807, 2.05) is 12.3 Å². The van der Waals surface area contributed by atoms with Crippen molar-refractivity contribution in [2.24, 2.45) is 5.73 Å². The van der Waals surface area contributed by atoms with E-state index in [9.17, 15) is 13.2 Å². The minimum atomic E-state index is -3.17. The van der Waals surface area contributed by atoms with Crippen molar-refractivity contribution in [3.05, 3.63) is 59.3 Å². The van der Waals surface area contributed by atoms with Crippen LogP contribution in [-0.4, -0.2) is 62.1 Å². The lowest BCUT2D eigenvalue weighted by molar-refractivity contribution is 0.100. The van der Waals surface area contributed by atoms with Gasteiger partial charge in [0, 0.05) is 50.3 Å². The zero-order valence-electron chi connectivity index (χ0n) is 20.0. The average Bonchev–Trinajstić information content (AvgIpc) is 3.33. The quantitative estimate of drug-likeness (QED) is 0.419. The van der Waals surface area contributed by atoms with Crippen LogP contribution in [0.1, 0.15) is 53.2 Å². The lowest BCUT2D eigenvalue weighted by Crippen LogP contribution is -2.42. The van der Waals surface area contributed by atoms with Gasteiger partial charge in [-0.2, -0.15) is 0 Å².